The van der Waals surface area contributed by atoms with Crippen LogP contribution in [0.2, 0.25) is 0 Å². The molecule has 4 nitrogen and oxygen atoms in total. The molecule has 27 heavy (non-hydrogen) atoms. The molecule has 0 aliphatic carbocycles. The van der Waals surface area contributed by atoms with Gasteiger partial charge < -0.3 is 4.90 Å². The van der Waals surface area contributed by atoms with Gasteiger partial charge >= 0.3 is 0 Å². The second kappa shape index (κ2) is 8.54. The fraction of sp³-hybridized carbons (Fsp3) is 0.350. The number of carbonyl (C=O) groups is 1. The fourth-order valence-electron chi connectivity index (χ4n) is 3.37. The molecule has 0 saturated carbocycles. The number of carbonyl (C=O) groups excluding carboxylic acids is 1. The van der Waals surface area contributed by atoms with Gasteiger partial charge in [0.15, 0.2) is 0 Å². The Morgan fingerprint density at radius 2 is 2.22 bits per heavy atom. The molecule has 0 N–H and O–H groups in total. The van der Waals surface area contributed by atoms with Crippen LogP contribution in [0.3, 0.4) is 0 Å². The highest BCUT2D eigenvalue weighted by molar-refractivity contribution is 7.98. The summed E-state index contributed by atoms with van der Waals surface area (Å²) in [7, 11) is 0. The number of amides is 1. The standard InChI is InChI=1S/C20H21N3OS3/c1-14-22-16(12-26-14)13-27-18-7-3-2-6-17(18)20(24)23-9-4-5-15(11-23)19-21-8-10-25-19/h2-3,6-8,10,12,15H,4-5,9,11,13H2,1H3. The monoisotopic (exact) mass is 415 g/mol. The van der Waals surface area contributed by atoms with Crippen LogP contribution in [0.15, 0.2) is 46.1 Å². The molecule has 0 bridgehead atoms. The number of aryl methyl sites for hydroxylation is 1. The Labute approximate surface area is 171 Å². The van der Waals surface area contributed by atoms with E-state index in [4.69, 9.17) is 0 Å². The predicted molar refractivity (Wildman–Crippen MR) is 113 cm³/mol. The molecule has 1 unspecified atom stereocenters. The molecule has 0 radical (unpaired) electrons. The van der Waals surface area contributed by atoms with Crippen molar-refractivity contribution in [3.8, 4) is 0 Å². The largest absolute Gasteiger partial charge is 0.338 e. The zero-order valence-electron chi connectivity index (χ0n) is 15.1. The predicted octanol–water partition coefficient (Wildman–Crippen LogP) is 5.22. The van der Waals surface area contributed by atoms with Crippen LogP contribution in [0.5, 0.6) is 0 Å². The van der Waals surface area contributed by atoms with Crippen molar-refractivity contribution in [2.24, 2.45) is 0 Å². The van der Waals surface area contributed by atoms with E-state index in [1.807, 2.05) is 47.7 Å². The molecule has 1 aromatic carbocycles. The van der Waals surface area contributed by atoms with Gasteiger partial charge in [-0.3, -0.25) is 4.79 Å². The van der Waals surface area contributed by atoms with Gasteiger partial charge in [0.05, 0.1) is 21.3 Å². The van der Waals surface area contributed by atoms with Crippen molar-refractivity contribution >= 4 is 40.3 Å². The number of thiazole rings is 2. The minimum Gasteiger partial charge on any atom is -0.338 e. The first-order valence-corrected chi connectivity index (χ1v) is 11.8. The van der Waals surface area contributed by atoms with Crippen LogP contribution in [0.4, 0.5) is 0 Å². The minimum absolute atomic E-state index is 0.133. The number of nitrogens with zero attached hydrogens (tertiary/aromatic N) is 3. The normalized spacial score (nSPS) is 17.2. The van der Waals surface area contributed by atoms with Crippen LogP contribution in [0.25, 0.3) is 0 Å². The van der Waals surface area contributed by atoms with Gasteiger partial charge in [-0.15, -0.1) is 34.4 Å². The lowest BCUT2D eigenvalue weighted by molar-refractivity contribution is 0.0703. The van der Waals surface area contributed by atoms with E-state index in [2.05, 4.69) is 15.3 Å². The van der Waals surface area contributed by atoms with E-state index in [1.165, 1.54) is 0 Å². The lowest BCUT2D eigenvalue weighted by atomic mass is 9.98. The van der Waals surface area contributed by atoms with Crippen molar-refractivity contribution in [3.05, 3.63) is 62.5 Å². The summed E-state index contributed by atoms with van der Waals surface area (Å²) in [6.45, 7) is 3.60. The minimum atomic E-state index is 0.133. The van der Waals surface area contributed by atoms with Crippen molar-refractivity contribution in [3.63, 3.8) is 0 Å². The number of aromatic nitrogens is 2. The van der Waals surface area contributed by atoms with Crippen LogP contribution >= 0.6 is 34.4 Å². The van der Waals surface area contributed by atoms with Crippen molar-refractivity contribution in [2.45, 2.75) is 36.3 Å². The van der Waals surface area contributed by atoms with Gasteiger partial charge in [0.25, 0.3) is 5.91 Å². The number of rotatable bonds is 5. The van der Waals surface area contributed by atoms with E-state index < -0.39 is 0 Å². The molecular formula is C20H21N3OS3. The summed E-state index contributed by atoms with van der Waals surface area (Å²) < 4.78 is 0. The molecular weight excluding hydrogens is 394 g/mol. The smallest absolute Gasteiger partial charge is 0.255 e. The number of hydrogen-bond acceptors (Lipinski definition) is 6. The lowest BCUT2D eigenvalue weighted by Crippen LogP contribution is -2.39. The summed E-state index contributed by atoms with van der Waals surface area (Å²) in [4.78, 5) is 25.3. The SMILES string of the molecule is Cc1nc(CSc2ccccc2C(=O)N2CCCC(c3nccs3)C2)cs1. The van der Waals surface area contributed by atoms with Crippen molar-refractivity contribution < 1.29 is 4.79 Å². The maximum Gasteiger partial charge on any atom is 0.255 e. The van der Waals surface area contributed by atoms with Gasteiger partial charge in [-0.1, -0.05) is 12.1 Å². The molecule has 1 saturated heterocycles. The average Bonchev–Trinajstić information content (AvgIpc) is 3.38. The van der Waals surface area contributed by atoms with Crippen LogP contribution in [0.1, 0.15) is 44.8 Å². The average molecular weight is 416 g/mol. The molecule has 7 heteroatoms. The molecule has 4 rings (SSSR count). The van der Waals surface area contributed by atoms with Crippen LogP contribution < -0.4 is 0 Å². The third-order valence-electron chi connectivity index (χ3n) is 4.67. The fourth-order valence-corrected chi connectivity index (χ4v) is 5.79. The van der Waals surface area contributed by atoms with Gasteiger partial charge in [0, 0.05) is 46.6 Å². The Bertz CT molecular complexity index is 907. The van der Waals surface area contributed by atoms with E-state index in [-0.39, 0.29) is 5.91 Å². The molecule has 1 aliphatic rings. The Morgan fingerprint density at radius 3 is 3.00 bits per heavy atom. The Morgan fingerprint density at radius 1 is 1.33 bits per heavy atom. The molecule has 140 valence electrons. The second-order valence-electron chi connectivity index (χ2n) is 6.60. The van der Waals surface area contributed by atoms with E-state index >= 15 is 0 Å². The highest BCUT2D eigenvalue weighted by atomic mass is 32.2. The van der Waals surface area contributed by atoms with Crippen molar-refractivity contribution in [1.82, 2.24) is 14.9 Å². The van der Waals surface area contributed by atoms with Crippen LogP contribution in [-0.2, 0) is 5.75 Å². The van der Waals surface area contributed by atoms with E-state index in [9.17, 15) is 4.79 Å². The summed E-state index contributed by atoms with van der Waals surface area (Å²) >= 11 is 5.05. The topological polar surface area (TPSA) is 46.1 Å². The molecule has 0 spiro atoms. The molecule has 1 fully saturated rings. The zero-order chi connectivity index (χ0) is 18.6. The second-order valence-corrected chi connectivity index (χ2v) is 9.61. The Balaban J connectivity index is 1.48. The number of piperidine rings is 1. The maximum atomic E-state index is 13.2. The summed E-state index contributed by atoms with van der Waals surface area (Å²) in [5, 5.41) is 6.34. The van der Waals surface area contributed by atoms with Gasteiger partial charge in [-0.25, -0.2) is 9.97 Å². The van der Waals surface area contributed by atoms with Gasteiger partial charge in [0.2, 0.25) is 0 Å². The third kappa shape index (κ3) is 4.42. The Kier molecular flexibility index (Phi) is 5.90. The van der Waals surface area contributed by atoms with Crippen molar-refractivity contribution in [1.29, 1.82) is 0 Å². The number of likely N-dealkylation sites (tertiary alicyclic amines) is 1. The molecule has 1 aliphatic heterocycles. The highest BCUT2D eigenvalue weighted by Gasteiger charge is 2.27. The van der Waals surface area contributed by atoms with E-state index in [0.29, 0.717) is 5.92 Å². The molecule has 2 aromatic heterocycles. The molecule has 3 heterocycles. The maximum absolute atomic E-state index is 13.2. The van der Waals surface area contributed by atoms with E-state index in [0.717, 1.165) is 57.9 Å². The summed E-state index contributed by atoms with van der Waals surface area (Å²) in [6.07, 6.45) is 3.99. The number of hydrogen-bond donors (Lipinski definition) is 0. The van der Waals surface area contributed by atoms with Gasteiger partial charge in [0.1, 0.15) is 0 Å². The first kappa shape index (κ1) is 18.7. The van der Waals surface area contributed by atoms with Gasteiger partial charge in [-0.2, -0.15) is 0 Å². The van der Waals surface area contributed by atoms with Crippen LogP contribution in [-0.4, -0.2) is 33.9 Å². The van der Waals surface area contributed by atoms with Crippen molar-refractivity contribution in [2.75, 3.05) is 13.1 Å². The molecule has 3 aromatic rings. The zero-order valence-corrected chi connectivity index (χ0v) is 17.6. The quantitative estimate of drug-likeness (QED) is 0.536. The molecule has 1 amide bonds. The highest BCUT2D eigenvalue weighted by Crippen LogP contribution is 2.31. The third-order valence-corrected chi connectivity index (χ3v) is 7.54. The first-order chi connectivity index (χ1) is 13.2. The first-order valence-electron chi connectivity index (χ1n) is 9.02. The molecule has 1 atom stereocenters. The summed E-state index contributed by atoms with van der Waals surface area (Å²) in [5.41, 5.74) is 1.88. The van der Waals surface area contributed by atoms with Gasteiger partial charge in [-0.05, 0) is 31.9 Å². The number of thioether (sulfide) groups is 1. The van der Waals surface area contributed by atoms with Crippen LogP contribution in [0, 0.1) is 6.92 Å². The summed E-state index contributed by atoms with van der Waals surface area (Å²) in [5.74, 6) is 1.28. The Hall–Kier alpha value is -1.70. The lowest BCUT2D eigenvalue weighted by Gasteiger charge is -2.32. The number of benzene rings is 1. The summed E-state index contributed by atoms with van der Waals surface area (Å²) in [6, 6.07) is 7.94. The van der Waals surface area contributed by atoms with E-state index in [1.54, 1.807) is 34.4 Å².